The number of likely N-dealkylation sites (N-methyl/N-ethyl adjacent to an activating group) is 2. The number of rotatable bonds is 29. The van der Waals surface area contributed by atoms with Gasteiger partial charge in [0.1, 0.15) is 12.1 Å². The minimum Gasteiger partial charge on any atom is -0.378 e. The summed E-state index contributed by atoms with van der Waals surface area (Å²) in [6.07, 6.45) is 8.74. The highest BCUT2D eigenvalue weighted by Crippen LogP contribution is 2.30. The lowest BCUT2D eigenvalue weighted by Crippen LogP contribution is -2.59. The highest BCUT2D eigenvalue weighted by atomic mass is 16.5. The first-order chi connectivity index (χ1) is 36.9. The van der Waals surface area contributed by atoms with E-state index in [-0.39, 0.29) is 66.9 Å². The average Bonchev–Trinajstić information content (AvgIpc) is 4.04. The molecule has 19 heteroatoms. The molecular formula is C58H85N9O10. The lowest BCUT2D eigenvalue weighted by atomic mass is 9.92. The average molecular weight is 1070 g/mol. The molecule has 2 fully saturated rings. The van der Waals surface area contributed by atoms with Gasteiger partial charge in [-0.3, -0.25) is 43.4 Å². The van der Waals surface area contributed by atoms with E-state index < -0.39 is 54.1 Å². The van der Waals surface area contributed by atoms with E-state index in [1.54, 1.807) is 48.0 Å². The van der Waals surface area contributed by atoms with Crippen LogP contribution in [0, 0.1) is 11.8 Å². The number of carbonyl (C=O) groups is 8. The number of unbranched alkanes of at least 4 members (excludes halogenated alkanes) is 3. The zero-order valence-electron chi connectivity index (χ0n) is 46.6. The molecule has 0 saturated carbocycles. The van der Waals surface area contributed by atoms with Gasteiger partial charge in [0.05, 0.1) is 42.7 Å². The topological polar surface area (TPSA) is 228 Å². The van der Waals surface area contributed by atoms with E-state index in [1.807, 2.05) is 63.1 Å². The maximum atomic E-state index is 14.5. The van der Waals surface area contributed by atoms with Gasteiger partial charge in [0.25, 0.3) is 11.8 Å². The number of likely N-dealkylation sites (tertiary alicyclic amines) is 2. The number of ether oxygens (including phenoxy) is 2. The first kappa shape index (κ1) is 61.4. The van der Waals surface area contributed by atoms with E-state index >= 15 is 0 Å². The molecule has 5 rings (SSSR count). The van der Waals surface area contributed by atoms with Crippen molar-refractivity contribution in [3.05, 3.63) is 90.0 Å². The molecule has 0 aromatic heterocycles. The highest BCUT2D eigenvalue weighted by Gasteiger charge is 2.43. The summed E-state index contributed by atoms with van der Waals surface area (Å²) in [7, 11) is 6.63. The molecule has 77 heavy (non-hydrogen) atoms. The van der Waals surface area contributed by atoms with Crippen molar-refractivity contribution in [3.8, 4) is 0 Å². The van der Waals surface area contributed by atoms with Crippen molar-refractivity contribution in [2.75, 3.05) is 59.8 Å². The maximum Gasteiger partial charge on any atom is 0.315 e. The number of nitrogens with one attached hydrogen (secondary N) is 5. The molecule has 0 unspecified atom stereocenters. The fraction of sp³-hybridized carbons (Fsp3) is 0.586. The van der Waals surface area contributed by atoms with Gasteiger partial charge < -0.3 is 45.9 Å². The van der Waals surface area contributed by atoms with Gasteiger partial charge >= 0.3 is 6.03 Å². The third-order valence-electron chi connectivity index (χ3n) is 15.2. The van der Waals surface area contributed by atoms with Gasteiger partial charge in [-0.05, 0) is 87.7 Å². The zero-order chi connectivity index (χ0) is 56.2. The molecule has 5 N–H and O–H groups in total. The van der Waals surface area contributed by atoms with Crippen LogP contribution in [0.15, 0.2) is 78.9 Å². The van der Waals surface area contributed by atoms with Crippen LogP contribution in [0.2, 0.25) is 0 Å². The molecule has 0 spiro atoms. The second-order valence-corrected chi connectivity index (χ2v) is 21.0. The Morgan fingerprint density at radius 2 is 1.48 bits per heavy atom. The van der Waals surface area contributed by atoms with Gasteiger partial charge in [-0.2, -0.15) is 0 Å². The van der Waals surface area contributed by atoms with Crippen molar-refractivity contribution in [1.82, 2.24) is 40.9 Å². The standard InChI is InChI=1S/C58H85N9O10/c1-10-39(4)52(65(7)57(74)51(38(2)3)63-56(73)46-23-16-19-32-64(46)6)47(76-8)36-50(70)66-34-20-24-45(66)53(77-9)40(5)54(71)62-44(35-41-21-14-13-15-22-41)55(72)61-43-27-25-42(26-28-43)37-60-58(75)59-31-17-11-12-18-33-67-48(68)29-30-49(67)69/h13-15,21-22,25-30,38,40,44-47,51-53H,4,10-12,16-20,23-24,31-37H2,1-3,5-9H3,(H,61,72)(H,62,71)(H,63,73)(H2,59,60,75)/t40-,44+,45+,46+,47-,51+,52+,53-/m1/s1. The van der Waals surface area contributed by atoms with Crippen molar-refractivity contribution in [2.45, 2.75) is 154 Å². The second-order valence-electron chi connectivity index (χ2n) is 21.0. The summed E-state index contributed by atoms with van der Waals surface area (Å²) in [6, 6.07) is 12.8. The Bertz CT molecular complexity index is 2350. The van der Waals surface area contributed by atoms with Crippen molar-refractivity contribution in [3.63, 3.8) is 0 Å². The van der Waals surface area contributed by atoms with Crippen LogP contribution in [0.3, 0.4) is 0 Å². The monoisotopic (exact) mass is 1070 g/mol. The van der Waals surface area contributed by atoms with Crippen LogP contribution in [-0.4, -0.2) is 164 Å². The number of hydrogen-bond donors (Lipinski definition) is 5. The molecule has 0 aliphatic carbocycles. The summed E-state index contributed by atoms with van der Waals surface area (Å²) in [5.74, 6) is -3.12. The van der Waals surface area contributed by atoms with E-state index in [2.05, 4.69) is 33.2 Å². The molecule has 0 bridgehead atoms. The number of benzene rings is 2. The Labute approximate surface area is 455 Å². The molecule has 3 aliphatic rings. The van der Waals surface area contributed by atoms with Crippen LogP contribution < -0.4 is 26.6 Å². The highest BCUT2D eigenvalue weighted by molar-refractivity contribution is 6.12. The maximum absolute atomic E-state index is 14.5. The third-order valence-corrected chi connectivity index (χ3v) is 15.2. The summed E-state index contributed by atoms with van der Waals surface area (Å²) in [5.41, 5.74) is 2.84. The number of urea groups is 1. The van der Waals surface area contributed by atoms with Crippen LogP contribution >= 0.6 is 0 Å². The number of piperidine rings is 1. The van der Waals surface area contributed by atoms with E-state index in [4.69, 9.17) is 9.47 Å². The molecule has 3 aliphatic heterocycles. The number of amides is 9. The molecular weight excluding hydrogens is 983 g/mol. The van der Waals surface area contributed by atoms with Crippen LogP contribution in [0.1, 0.15) is 109 Å². The molecule has 2 aromatic carbocycles. The molecule has 0 radical (unpaired) electrons. The Kier molecular flexibility index (Phi) is 24.3. The predicted octanol–water partition coefficient (Wildman–Crippen LogP) is 5.10. The van der Waals surface area contributed by atoms with Crippen molar-refractivity contribution in [1.29, 1.82) is 0 Å². The lowest BCUT2D eigenvalue weighted by Gasteiger charge is -2.39. The number of carbonyl (C=O) groups excluding carboxylic acids is 8. The van der Waals surface area contributed by atoms with Crippen LogP contribution in [0.25, 0.3) is 0 Å². The smallest absolute Gasteiger partial charge is 0.315 e. The summed E-state index contributed by atoms with van der Waals surface area (Å²) < 4.78 is 12.1. The number of imide groups is 1. The van der Waals surface area contributed by atoms with Crippen molar-refractivity contribution >= 4 is 53.1 Å². The van der Waals surface area contributed by atoms with Crippen molar-refractivity contribution in [2.24, 2.45) is 11.8 Å². The predicted molar refractivity (Wildman–Crippen MR) is 295 cm³/mol. The van der Waals surface area contributed by atoms with Gasteiger partial charge in [0.15, 0.2) is 0 Å². The normalized spacial score (nSPS) is 19.0. The van der Waals surface area contributed by atoms with Crippen LogP contribution in [0.5, 0.6) is 0 Å². The van der Waals surface area contributed by atoms with Crippen LogP contribution in [0.4, 0.5) is 10.5 Å². The summed E-state index contributed by atoms with van der Waals surface area (Å²) in [6.45, 7) is 14.1. The van der Waals surface area contributed by atoms with E-state index in [0.717, 1.165) is 56.2 Å². The molecule has 2 aromatic rings. The lowest BCUT2D eigenvalue weighted by molar-refractivity contribution is -0.145. The first-order valence-corrected chi connectivity index (χ1v) is 27.5. The second kappa shape index (κ2) is 30.5. The Morgan fingerprint density at radius 1 is 0.792 bits per heavy atom. The van der Waals surface area contributed by atoms with Gasteiger partial charge in [0, 0.05) is 71.7 Å². The largest absolute Gasteiger partial charge is 0.378 e. The Morgan fingerprint density at radius 3 is 2.12 bits per heavy atom. The zero-order valence-corrected chi connectivity index (χ0v) is 46.6. The van der Waals surface area contributed by atoms with Crippen LogP contribution in [-0.2, 0) is 56.0 Å². The molecule has 2 saturated heterocycles. The van der Waals surface area contributed by atoms with E-state index in [9.17, 15) is 38.4 Å². The summed E-state index contributed by atoms with van der Waals surface area (Å²) >= 11 is 0. The Hall–Kier alpha value is -6.44. The van der Waals surface area contributed by atoms with E-state index in [0.29, 0.717) is 56.6 Å². The van der Waals surface area contributed by atoms with Gasteiger partial charge in [-0.1, -0.05) is 102 Å². The number of anilines is 1. The van der Waals surface area contributed by atoms with E-state index in [1.165, 1.54) is 31.3 Å². The molecule has 3 heterocycles. The number of methoxy groups -OCH3 is 2. The van der Waals surface area contributed by atoms with Gasteiger partial charge in [-0.25, -0.2) is 4.79 Å². The minimum atomic E-state index is -0.977. The fourth-order valence-electron chi connectivity index (χ4n) is 10.6. The quantitative estimate of drug-likeness (QED) is 0.0409. The summed E-state index contributed by atoms with van der Waals surface area (Å²) in [5, 5.41) is 14.7. The SMILES string of the molecule is C=C(CC)[C@@H]([C@@H](CC(=O)N1CCC[C@H]1[C@H](OC)[C@@H](C)C(=O)N[C@@H](Cc1ccccc1)C(=O)Nc1ccc(CNC(=O)NCCCCCCN2C(=O)C=CC2=O)cc1)OC)N(C)C(=O)[C@@H](NC(=O)[C@@H]1CCCCN1C)C(C)C. The number of hydrogen-bond acceptors (Lipinski definition) is 11. The molecule has 422 valence electrons. The molecule has 8 atom stereocenters. The third kappa shape index (κ3) is 17.5. The Balaban J connectivity index is 1.17. The number of nitrogens with zero attached hydrogens (tertiary/aromatic N) is 4. The minimum absolute atomic E-state index is 0.0829. The molecule has 19 nitrogen and oxygen atoms in total. The molecule has 9 amide bonds. The summed E-state index contributed by atoms with van der Waals surface area (Å²) in [4.78, 5) is 113. The fourth-order valence-corrected chi connectivity index (χ4v) is 10.6. The van der Waals surface area contributed by atoms with Gasteiger partial charge in [0.2, 0.25) is 29.5 Å². The first-order valence-electron chi connectivity index (χ1n) is 27.5. The van der Waals surface area contributed by atoms with Gasteiger partial charge in [-0.15, -0.1) is 0 Å². The van der Waals surface area contributed by atoms with Crippen molar-refractivity contribution < 1.29 is 47.8 Å².